The van der Waals surface area contributed by atoms with Gasteiger partial charge in [0.15, 0.2) is 9.84 Å². The molecule has 0 spiro atoms. The summed E-state index contributed by atoms with van der Waals surface area (Å²) in [5.74, 6) is -0.0725. The third-order valence-electron chi connectivity index (χ3n) is 4.82. The third-order valence-corrected chi connectivity index (χ3v) is 6.28. The summed E-state index contributed by atoms with van der Waals surface area (Å²) in [5.41, 5.74) is 1.96. The fourth-order valence-electron chi connectivity index (χ4n) is 3.36. The van der Waals surface area contributed by atoms with Crippen molar-refractivity contribution in [2.24, 2.45) is 0 Å². The number of hydrogen-bond acceptors (Lipinski definition) is 6. The minimum Gasteiger partial charge on any atom is -0.339 e. The lowest BCUT2D eigenvalue weighted by atomic mass is 10.1. The van der Waals surface area contributed by atoms with Gasteiger partial charge in [-0.15, -0.1) is 0 Å². The topological polar surface area (TPSA) is 93.4 Å². The third kappa shape index (κ3) is 4.71. The van der Waals surface area contributed by atoms with Gasteiger partial charge in [0.1, 0.15) is 5.75 Å². The molecule has 1 saturated heterocycles. The van der Waals surface area contributed by atoms with Crippen LogP contribution in [-0.2, 0) is 21.3 Å². The van der Waals surface area contributed by atoms with E-state index < -0.39 is 9.84 Å². The van der Waals surface area contributed by atoms with Crippen LogP contribution in [0.5, 0.6) is 0 Å². The van der Waals surface area contributed by atoms with Gasteiger partial charge in [0.2, 0.25) is 11.7 Å². The van der Waals surface area contributed by atoms with Crippen LogP contribution in [0.4, 0.5) is 0 Å². The quantitative estimate of drug-likeness (QED) is 0.619. The molecular formula is C21H21N3O4S. The molecule has 1 fully saturated rings. The van der Waals surface area contributed by atoms with Crippen molar-refractivity contribution >= 4 is 15.7 Å². The predicted octanol–water partition coefficient (Wildman–Crippen LogP) is 3.09. The van der Waals surface area contributed by atoms with Crippen LogP contribution in [0.2, 0.25) is 0 Å². The highest BCUT2D eigenvalue weighted by Gasteiger charge is 2.21. The molecule has 0 saturated carbocycles. The number of carbonyl (C=O) groups excluding carboxylic acids is 1. The molecule has 150 valence electrons. The minimum absolute atomic E-state index is 0.00351. The van der Waals surface area contributed by atoms with E-state index in [2.05, 4.69) is 10.1 Å². The number of carbonyl (C=O) groups is 1. The number of benzene rings is 2. The van der Waals surface area contributed by atoms with Crippen molar-refractivity contribution in [1.29, 1.82) is 0 Å². The van der Waals surface area contributed by atoms with Gasteiger partial charge in [0.25, 0.3) is 5.91 Å². The molecule has 1 aromatic heterocycles. The van der Waals surface area contributed by atoms with Crippen molar-refractivity contribution in [3.8, 4) is 11.4 Å². The highest BCUT2D eigenvalue weighted by molar-refractivity contribution is 7.89. The van der Waals surface area contributed by atoms with Crippen molar-refractivity contribution in [3.05, 3.63) is 71.6 Å². The molecule has 3 aromatic rings. The van der Waals surface area contributed by atoms with Gasteiger partial charge in [-0.1, -0.05) is 47.6 Å². The second kappa shape index (κ2) is 8.16. The highest BCUT2D eigenvalue weighted by atomic mass is 32.2. The standard InChI is InChI=1S/C21H21N3O4S/c25-21(24-12-4-5-13-24)18-10-8-16(9-11-18)14-29(26,27)15-19-22-20(23-28-19)17-6-2-1-3-7-17/h1-3,6-11H,4-5,12-15H2. The van der Waals surface area contributed by atoms with Crippen molar-refractivity contribution in [3.63, 3.8) is 0 Å². The Hall–Kier alpha value is -3.00. The molecule has 1 aliphatic heterocycles. The van der Waals surface area contributed by atoms with Crippen molar-refractivity contribution in [2.75, 3.05) is 13.1 Å². The van der Waals surface area contributed by atoms with Crippen LogP contribution in [0.1, 0.15) is 34.7 Å². The average molecular weight is 411 g/mol. The van der Waals surface area contributed by atoms with E-state index >= 15 is 0 Å². The Morgan fingerprint density at radius 1 is 0.966 bits per heavy atom. The van der Waals surface area contributed by atoms with E-state index in [1.54, 1.807) is 24.3 Å². The summed E-state index contributed by atoms with van der Waals surface area (Å²) in [6.07, 6.45) is 2.06. The summed E-state index contributed by atoms with van der Waals surface area (Å²) in [6.45, 7) is 1.56. The van der Waals surface area contributed by atoms with Crippen LogP contribution in [0, 0.1) is 0 Å². The Morgan fingerprint density at radius 3 is 2.34 bits per heavy atom. The predicted molar refractivity (Wildman–Crippen MR) is 108 cm³/mol. The fraction of sp³-hybridized carbons (Fsp3) is 0.286. The fourth-order valence-corrected chi connectivity index (χ4v) is 4.65. The summed E-state index contributed by atoms with van der Waals surface area (Å²) in [4.78, 5) is 18.4. The molecule has 7 nitrogen and oxygen atoms in total. The molecular weight excluding hydrogens is 390 g/mol. The Kier molecular flexibility index (Phi) is 5.44. The number of nitrogens with zero attached hydrogens (tertiary/aromatic N) is 3. The van der Waals surface area contributed by atoms with Crippen LogP contribution in [0.3, 0.4) is 0 Å². The molecule has 0 unspecified atom stereocenters. The molecule has 2 aromatic carbocycles. The molecule has 1 amide bonds. The van der Waals surface area contributed by atoms with Gasteiger partial charge in [-0.05, 0) is 30.5 Å². The first-order valence-electron chi connectivity index (χ1n) is 9.47. The normalized spacial score (nSPS) is 14.3. The molecule has 0 radical (unpaired) electrons. The summed E-state index contributed by atoms with van der Waals surface area (Å²) in [6, 6.07) is 16.0. The first-order chi connectivity index (χ1) is 14.0. The first-order valence-corrected chi connectivity index (χ1v) is 11.3. The zero-order valence-electron chi connectivity index (χ0n) is 15.8. The van der Waals surface area contributed by atoms with Crippen LogP contribution >= 0.6 is 0 Å². The lowest BCUT2D eigenvalue weighted by molar-refractivity contribution is 0.0793. The van der Waals surface area contributed by atoms with Gasteiger partial charge in [-0.3, -0.25) is 4.79 Å². The number of likely N-dealkylation sites (tertiary alicyclic amines) is 1. The largest absolute Gasteiger partial charge is 0.339 e. The van der Waals surface area contributed by atoms with Crippen LogP contribution in [-0.4, -0.2) is 42.5 Å². The van der Waals surface area contributed by atoms with Gasteiger partial charge < -0.3 is 9.42 Å². The molecule has 0 aliphatic carbocycles. The SMILES string of the molecule is O=C(c1ccc(CS(=O)(=O)Cc2nc(-c3ccccc3)no2)cc1)N1CCCC1. The molecule has 4 rings (SSSR count). The van der Waals surface area contributed by atoms with Gasteiger partial charge in [0.05, 0.1) is 5.75 Å². The lowest BCUT2D eigenvalue weighted by Gasteiger charge is -2.15. The molecule has 0 bridgehead atoms. The van der Waals surface area contributed by atoms with E-state index in [-0.39, 0.29) is 23.3 Å². The summed E-state index contributed by atoms with van der Waals surface area (Å²) in [5, 5.41) is 3.85. The maximum atomic E-state index is 12.5. The maximum absolute atomic E-state index is 12.5. The Balaban J connectivity index is 1.41. The molecule has 0 atom stereocenters. The van der Waals surface area contributed by atoms with Gasteiger partial charge in [-0.2, -0.15) is 4.98 Å². The summed E-state index contributed by atoms with van der Waals surface area (Å²) in [7, 11) is -3.50. The average Bonchev–Trinajstić information content (AvgIpc) is 3.40. The molecule has 8 heteroatoms. The molecule has 0 N–H and O–H groups in total. The van der Waals surface area contributed by atoms with Gasteiger partial charge in [-0.25, -0.2) is 8.42 Å². The Bertz CT molecular complexity index is 1090. The van der Waals surface area contributed by atoms with E-state index in [4.69, 9.17) is 4.52 Å². The zero-order chi connectivity index (χ0) is 20.3. The Morgan fingerprint density at radius 2 is 1.66 bits per heavy atom. The van der Waals surface area contributed by atoms with Gasteiger partial charge >= 0.3 is 0 Å². The number of sulfone groups is 1. The monoisotopic (exact) mass is 411 g/mol. The second-order valence-corrected chi connectivity index (χ2v) is 9.17. The van der Waals surface area contributed by atoms with E-state index in [0.717, 1.165) is 31.5 Å². The number of amides is 1. The van der Waals surface area contributed by atoms with Crippen LogP contribution in [0.15, 0.2) is 59.1 Å². The van der Waals surface area contributed by atoms with Crippen LogP contribution < -0.4 is 0 Å². The summed E-state index contributed by atoms with van der Waals surface area (Å²) >= 11 is 0. The van der Waals surface area contributed by atoms with Crippen molar-refractivity contribution in [1.82, 2.24) is 15.0 Å². The molecule has 2 heterocycles. The first kappa shape index (κ1) is 19.3. The van der Waals surface area contributed by atoms with Gasteiger partial charge in [0, 0.05) is 24.2 Å². The Labute approximate surface area is 169 Å². The van der Waals surface area contributed by atoms with Crippen LogP contribution in [0.25, 0.3) is 11.4 Å². The zero-order valence-corrected chi connectivity index (χ0v) is 16.6. The van der Waals surface area contributed by atoms with E-state index in [1.807, 2.05) is 35.2 Å². The molecule has 29 heavy (non-hydrogen) atoms. The van der Waals surface area contributed by atoms with E-state index in [9.17, 15) is 13.2 Å². The highest BCUT2D eigenvalue weighted by Crippen LogP contribution is 2.18. The number of aromatic nitrogens is 2. The van der Waals surface area contributed by atoms with Crippen molar-refractivity contribution in [2.45, 2.75) is 24.3 Å². The summed E-state index contributed by atoms with van der Waals surface area (Å²) < 4.78 is 30.2. The number of rotatable bonds is 6. The van der Waals surface area contributed by atoms with E-state index in [1.165, 1.54) is 0 Å². The van der Waals surface area contributed by atoms with Crippen molar-refractivity contribution < 1.29 is 17.7 Å². The minimum atomic E-state index is -3.50. The second-order valence-electron chi connectivity index (χ2n) is 7.11. The molecule has 1 aliphatic rings. The number of hydrogen-bond donors (Lipinski definition) is 0. The lowest BCUT2D eigenvalue weighted by Crippen LogP contribution is -2.27. The van der Waals surface area contributed by atoms with E-state index in [0.29, 0.717) is 17.0 Å². The maximum Gasteiger partial charge on any atom is 0.253 e. The smallest absolute Gasteiger partial charge is 0.253 e.